The van der Waals surface area contributed by atoms with Crippen LogP contribution in [0, 0.1) is 17.8 Å². The van der Waals surface area contributed by atoms with Gasteiger partial charge in [0, 0.05) is 38.0 Å². The first-order valence-corrected chi connectivity index (χ1v) is 18.7. The van der Waals surface area contributed by atoms with Gasteiger partial charge in [-0.25, -0.2) is 0 Å². The second-order valence-corrected chi connectivity index (χ2v) is 16.6. The largest absolute Gasteiger partial charge is 0.459 e. The lowest BCUT2D eigenvalue weighted by Crippen LogP contribution is -2.59. The topological polar surface area (TPSA) is 169 Å². The van der Waals surface area contributed by atoms with Crippen LogP contribution in [0.3, 0.4) is 0 Å². The summed E-state index contributed by atoms with van der Waals surface area (Å²) < 4.78 is 37.8. The number of hydrogen-bond donors (Lipinski definition) is 5. The molecule has 0 bridgehead atoms. The Kier molecular flexibility index (Phi) is 15.2. The zero-order chi connectivity index (χ0) is 37.9. The van der Waals surface area contributed by atoms with Gasteiger partial charge in [-0.2, -0.15) is 0 Å². The van der Waals surface area contributed by atoms with Gasteiger partial charge in [-0.1, -0.05) is 20.8 Å². The Bertz CT molecular complexity index is 1080. The summed E-state index contributed by atoms with van der Waals surface area (Å²) in [6.07, 6.45) is -5.05. The average molecular weight is 719 g/mol. The van der Waals surface area contributed by atoms with Crippen LogP contribution in [0.4, 0.5) is 0 Å². The molecule has 3 saturated heterocycles. The van der Waals surface area contributed by atoms with Crippen LogP contribution in [0.15, 0.2) is 0 Å². The van der Waals surface area contributed by atoms with Crippen molar-refractivity contribution in [3.63, 3.8) is 0 Å². The van der Waals surface area contributed by atoms with Gasteiger partial charge >= 0.3 is 5.97 Å². The molecule has 3 heterocycles. The highest BCUT2D eigenvalue weighted by molar-refractivity contribution is 5.73. The minimum atomic E-state index is -1.77. The van der Waals surface area contributed by atoms with Gasteiger partial charge in [0.2, 0.25) is 0 Å². The van der Waals surface area contributed by atoms with Gasteiger partial charge in [-0.15, -0.1) is 0 Å². The van der Waals surface area contributed by atoms with Gasteiger partial charge < -0.3 is 59.1 Å². The van der Waals surface area contributed by atoms with Gasteiger partial charge in [0.25, 0.3) is 0 Å². The Morgan fingerprint density at radius 2 is 1.56 bits per heavy atom. The third-order valence-electron chi connectivity index (χ3n) is 11.6. The van der Waals surface area contributed by atoms with Crippen LogP contribution in [-0.4, -0.2) is 143 Å². The zero-order valence-electron chi connectivity index (χ0n) is 32.9. The Morgan fingerprint density at radius 1 is 0.920 bits per heavy atom. The third-order valence-corrected chi connectivity index (χ3v) is 11.6. The lowest BCUT2D eigenvalue weighted by atomic mass is 9.77. The smallest absolute Gasteiger partial charge is 0.311 e. The molecule has 13 heteroatoms. The number of hydrogen-bond acceptors (Lipinski definition) is 13. The molecule has 3 aliphatic rings. The normalized spacial score (nSPS) is 49.2. The van der Waals surface area contributed by atoms with Crippen molar-refractivity contribution < 1.29 is 53.6 Å². The summed E-state index contributed by atoms with van der Waals surface area (Å²) in [5.74, 6) is -2.29. The van der Waals surface area contributed by atoms with Crippen LogP contribution in [0.25, 0.3) is 0 Å². The number of nitrogens with zero attached hydrogens (tertiary/aromatic N) is 1. The first-order valence-electron chi connectivity index (χ1n) is 18.7. The van der Waals surface area contributed by atoms with E-state index in [2.05, 4.69) is 10.2 Å². The van der Waals surface area contributed by atoms with E-state index < -0.39 is 89.9 Å². The molecule has 0 aromatic rings. The summed E-state index contributed by atoms with van der Waals surface area (Å²) in [6.45, 7) is 18.3. The lowest BCUT2D eigenvalue weighted by molar-refractivity contribution is -0.308. The van der Waals surface area contributed by atoms with Crippen molar-refractivity contribution in [2.24, 2.45) is 17.8 Å². The number of carbonyl (C=O) groups is 1. The number of ether oxygens (including phenoxy) is 6. The molecule has 3 rings (SSSR count). The van der Waals surface area contributed by atoms with Crippen LogP contribution in [0.1, 0.15) is 101 Å². The van der Waals surface area contributed by atoms with E-state index in [-0.39, 0.29) is 30.9 Å². The highest BCUT2D eigenvalue weighted by Gasteiger charge is 2.51. The van der Waals surface area contributed by atoms with Crippen LogP contribution in [-0.2, 0) is 33.2 Å². The molecule has 5 N–H and O–H groups in total. The quantitative estimate of drug-likeness (QED) is 0.244. The number of aliphatic hydroxyl groups is 4. The van der Waals surface area contributed by atoms with Crippen molar-refractivity contribution in [2.45, 2.75) is 186 Å². The Labute approximate surface area is 300 Å². The summed E-state index contributed by atoms with van der Waals surface area (Å²) in [5, 5.41) is 49.5. The molecule has 3 fully saturated rings. The lowest BCUT2D eigenvalue weighted by Gasteiger charge is -2.48. The first kappa shape index (κ1) is 43.4. The fourth-order valence-electron chi connectivity index (χ4n) is 8.31. The van der Waals surface area contributed by atoms with Gasteiger partial charge in [0.1, 0.15) is 23.9 Å². The highest BCUT2D eigenvalue weighted by Crippen LogP contribution is 2.39. The van der Waals surface area contributed by atoms with Crippen molar-refractivity contribution in [1.82, 2.24) is 10.2 Å². The summed E-state index contributed by atoms with van der Waals surface area (Å²) in [7, 11) is 5.59. The maximum absolute atomic E-state index is 14.1. The Hall–Kier alpha value is -0.970. The third kappa shape index (κ3) is 10.2. The van der Waals surface area contributed by atoms with E-state index in [9.17, 15) is 25.2 Å². The number of aliphatic hydroxyl groups excluding tert-OH is 2. The van der Waals surface area contributed by atoms with Gasteiger partial charge in [0.15, 0.2) is 12.6 Å². The van der Waals surface area contributed by atoms with Crippen LogP contribution >= 0.6 is 0 Å². The molecular weight excluding hydrogens is 648 g/mol. The summed E-state index contributed by atoms with van der Waals surface area (Å²) in [6, 6.07) is -0.344. The SMILES string of the molecule is CC[C@H]1OC(=O)[C@H](C)[C@@H](O[C@H]2C[C@@](C)(OC)[C@@H](O)[C@H](C)O2)[C@H](C)[C@@H](O[C@H]2C[C@@H](N(C)C)C[C@@H](C)O2)[C@](C)(O)C[C@@H](C)CN[C@H](C)[C@@H](O)[C@]1(C)O. The van der Waals surface area contributed by atoms with Gasteiger partial charge in [-0.3, -0.25) is 4.79 Å². The zero-order valence-corrected chi connectivity index (χ0v) is 32.9. The van der Waals surface area contributed by atoms with E-state index in [0.29, 0.717) is 19.4 Å². The van der Waals surface area contributed by atoms with E-state index in [4.69, 9.17) is 28.4 Å². The molecule has 0 saturated carbocycles. The van der Waals surface area contributed by atoms with E-state index in [1.165, 1.54) is 14.0 Å². The van der Waals surface area contributed by atoms with E-state index >= 15 is 0 Å². The number of esters is 1. The number of carbonyl (C=O) groups excluding carboxylic acids is 1. The maximum atomic E-state index is 14.1. The summed E-state index contributed by atoms with van der Waals surface area (Å²) in [5.41, 5.74) is -4.18. The molecule has 0 spiro atoms. The standard InChI is InChI=1S/C37H70N2O11/c1-14-27-37(10,44)31(40)24(6)38-19-20(2)17-35(8,43)33(50-28-16-26(39(11)12)15-21(3)46-28)22(4)30(23(5)34(42)48-27)49-29-18-36(9,45-13)32(41)25(7)47-29/h20-33,38,40-41,43-44H,14-19H2,1-13H3/t20-,21-,22+,23-,24-,25+,26+,27-,28+,29+,30+,31-,32+,33-,35-,36-,37-/m1/s1. The molecule has 0 aromatic heterocycles. The highest BCUT2D eigenvalue weighted by atomic mass is 16.7. The van der Waals surface area contributed by atoms with Crippen LogP contribution < -0.4 is 5.32 Å². The summed E-state index contributed by atoms with van der Waals surface area (Å²) >= 11 is 0. The van der Waals surface area contributed by atoms with Crippen molar-refractivity contribution in [3.05, 3.63) is 0 Å². The molecule has 0 amide bonds. The van der Waals surface area contributed by atoms with Crippen molar-refractivity contribution in [1.29, 1.82) is 0 Å². The molecule has 0 unspecified atom stereocenters. The fraction of sp³-hybridized carbons (Fsp3) is 0.973. The monoisotopic (exact) mass is 718 g/mol. The van der Waals surface area contributed by atoms with Crippen LogP contribution in [0.5, 0.6) is 0 Å². The van der Waals surface area contributed by atoms with E-state index in [1.54, 1.807) is 41.5 Å². The van der Waals surface area contributed by atoms with Gasteiger partial charge in [-0.05, 0) is 94.3 Å². The second kappa shape index (κ2) is 17.4. The predicted molar refractivity (Wildman–Crippen MR) is 188 cm³/mol. The molecule has 50 heavy (non-hydrogen) atoms. The molecule has 17 atom stereocenters. The van der Waals surface area contributed by atoms with Crippen molar-refractivity contribution in [2.75, 3.05) is 27.7 Å². The molecule has 3 aliphatic heterocycles. The average Bonchev–Trinajstić information content (AvgIpc) is 3.04. The number of cyclic esters (lactones) is 1. The number of nitrogens with one attached hydrogen (secondary N) is 1. The van der Waals surface area contributed by atoms with E-state index in [1.807, 2.05) is 34.9 Å². The first-order chi connectivity index (χ1) is 23.1. The minimum absolute atomic E-state index is 0.0744. The molecule has 0 aliphatic carbocycles. The van der Waals surface area contributed by atoms with Crippen molar-refractivity contribution in [3.8, 4) is 0 Å². The van der Waals surface area contributed by atoms with E-state index in [0.717, 1.165) is 6.42 Å². The molecular formula is C37H70N2O11. The van der Waals surface area contributed by atoms with Crippen LogP contribution in [0.2, 0.25) is 0 Å². The van der Waals surface area contributed by atoms with Crippen molar-refractivity contribution >= 4 is 5.97 Å². The number of methoxy groups -OCH3 is 1. The molecule has 13 nitrogen and oxygen atoms in total. The molecule has 294 valence electrons. The second-order valence-electron chi connectivity index (χ2n) is 16.6. The fourth-order valence-corrected chi connectivity index (χ4v) is 8.31. The Morgan fingerprint density at radius 3 is 2.14 bits per heavy atom. The maximum Gasteiger partial charge on any atom is 0.311 e. The van der Waals surface area contributed by atoms with Gasteiger partial charge in [0.05, 0.1) is 41.5 Å². The summed E-state index contributed by atoms with van der Waals surface area (Å²) in [4.78, 5) is 16.3. The minimum Gasteiger partial charge on any atom is -0.459 e. The number of rotatable bonds is 7. The molecule has 0 aromatic carbocycles. The Balaban J connectivity index is 2.12. The predicted octanol–water partition coefficient (Wildman–Crippen LogP) is 2.59. The molecule has 0 radical (unpaired) electrons.